The van der Waals surface area contributed by atoms with E-state index in [0.29, 0.717) is 57.3 Å². The first kappa shape index (κ1) is 49.5. The van der Waals surface area contributed by atoms with Gasteiger partial charge in [-0.25, -0.2) is 4.79 Å². The molecule has 398 valence electrons. The van der Waals surface area contributed by atoms with Gasteiger partial charge in [0.2, 0.25) is 0 Å². The highest BCUT2D eigenvalue weighted by molar-refractivity contribution is 5.86. The number of ether oxygens (including phenoxy) is 1. The smallest absolute Gasteiger partial charge is 0.331 e. The SMILES string of the molecule is CC(C1CCCC1)C1CCC2C(O)C34CCC5C(CC#CC6CC78CCC#Cc9ccccc9CC(NCO)C9CC(CC7(O)C7(O)C(O)C(C1)C2(O)C(C=O)(C3)C67)C8C1=CC(=O)OC19)C(c1ccccc1)CCC54. The maximum absolute atomic E-state index is 15.6. The molecule has 10 heteroatoms. The highest BCUT2D eigenvalue weighted by Crippen LogP contribution is 2.81. The fourth-order valence-electron chi connectivity index (χ4n) is 22.6. The Kier molecular flexibility index (Phi) is 11.6. The van der Waals surface area contributed by atoms with E-state index in [0.717, 1.165) is 61.5 Å². The molecule has 23 atom stereocenters. The molecule has 12 aliphatic rings. The van der Waals surface area contributed by atoms with Crippen LogP contribution in [-0.4, -0.2) is 90.8 Å². The maximum atomic E-state index is 15.6. The molecular weight excluding hydrogens is 939 g/mol. The summed E-state index contributed by atoms with van der Waals surface area (Å²) in [6.45, 7) is 2.04. The minimum Gasteiger partial charge on any atom is -0.454 e. The normalized spacial score (nSPS) is 50.2. The van der Waals surface area contributed by atoms with Crippen molar-refractivity contribution in [1.29, 1.82) is 0 Å². The summed E-state index contributed by atoms with van der Waals surface area (Å²) >= 11 is 0. The Hall–Kier alpha value is -3.84. The van der Waals surface area contributed by atoms with Crippen LogP contribution in [0.4, 0.5) is 0 Å². The average molecular weight is 1020 g/mol. The number of aldehydes is 1. The van der Waals surface area contributed by atoms with Crippen LogP contribution in [0.5, 0.6) is 0 Å². The van der Waals surface area contributed by atoms with Crippen LogP contribution in [-0.2, 0) is 20.7 Å². The van der Waals surface area contributed by atoms with Crippen LogP contribution < -0.4 is 5.32 Å². The summed E-state index contributed by atoms with van der Waals surface area (Å²) in [5.41, 5.74) is -5.96. The number of carbonyl (C=O) groups is 2. The van der Waals surface area contributed by atoms with E-state index in [1.54, 1.807) is 6.08 Å². The van der Waals surface area contributed by atoms with Gasteiger partial charge in [-0.05, 0) is 159 Å². The topological polar surface area (TPSA) is 177 Å². The molecule has 2 aromatic rings. The lowest BCUT2D eigenvalue weighted by Crippen LogP contribution is -2.87. The molecule has 7 N–H and O–H groups in total. The number of rotatable bonds is 6. The number of carbonyl (C=O) groups excluding carboxylic acids is 2. The molecule has 9 fully saturated rings. The summed E-state index contributed by atoms with van der Waals surface area (Å²) in [5, 5.41) is 86.6. The molecule has 0 aromatic heterocycles. The molecule has 2 aromatic carbocycles. The number of hydrogen-bond acceptors (Lipinski definition) is 10. The van der Waals surface area contributed by atoms with Crippen LogP contribution in [0.3, 0.4) is 0 Å². The molecule has 75 heavy (non-hydrogen) atoms. The number of nitrogens with one attached hydrogen (secondary N) is 1. The van der Waals surface area contributed by atoms with E-state index in [1.807, 2.05) is 18.2 Å². The van der Waals surface area contributed by atoms with Gasteiger partial charge in [-0.1, -0.05) is 98.9 Å². The van der Waals surface area contributed by atoms with Gasteiger partial charge in [-0.3, -0.25) is 5.32 Å². The van der Waals surface area contributed by atoms with Gasteiger partial charge >= 0.3 is 5.97 Å². The van der Waals surface area contributed by atoms with E-state index in [2.05, 4.69) is 72.3 Å². The molecule has 9 bridgehead atoms. The van der Waals surface area contributed by atoms with Gasteiger partial charge in [0.05, 0.1) is 30.0 Å². The lowest BCUT2D eigenvalue weighted by Gasteiger charge is -2.76. The van der Waals surface area contributed by atoms with Crippen molar-refractivity contribution in [3.05, 3.63) is 82.9 Å². The zero-order chi connectivity index (χ0) is 51.4. The fourth-order valence-corrected chi connectivity index (χ4v) is 22.6. The van der Waals surface area contributed by atoms with Crippen molar-refractivity contribution in [2.45, 2.75) is 176 Å². The largest absolute Gasteiger partial charge is 0.454 e. The summed E-state index contributed by atoms with van der Waals surface area (Å²) in [4.78, 5) is 29.5. The second-order valence-electron chi connectivity index (χ2n) is 27.2. The van der Waals surface area contributed by atoms with Crippen LogP contribution in [0, 0.1) is 117 Å². The first-order valence-electron chi connectivity index (χ1n) is 29.6. The van der Waals surface area contributed by atoms with Crippen LogP contribution in [0.25, 0.3) is 0 Å². The Labute approximate surface area is 443 Å². The summed E-state index contributed by atoms with van der Waals surface area (Å²) < 4.78 is 6.39. The van der Waals surface area contributed by atoms with Gasteiger partial charge in [0.15, 0.2) is 0 Å². The second-order valence-corrected chi connectivity index (χ2v) is 27.2. The van der Waals surface area contributed by atoms with Crippen molar-refractivity contribution in [1.82, 2.24) is 5.32 Å². The quantitative estimate of drug-likeness (QED) is 0.0669. The maximum Gasteiger partial charge on any atom is 0.331 e. The molecule has 0 saturated heterocycles. The van der Waals surface area contributed by atoms with Crippen LogP contribution >= 0.6 is 0 Å². The van der Waals surface area contributed by atoms with E-state index in [4.69, 9.17) is 4.74 Å². The van der Waals surface area contributed by atoms with Crippen molar-refractivity contribution < 1.29 is 45.0 Å². The molecule has 2 spiro atoms. The van der Waals surface area contributed by atoms with E-state index < -0.39 is 86.9 Å². The third-order valence-corrected chi connectivity index (χ3v) is 25.3. The summed E-state index contributed by atoms with van der Waals surface area (Å²) in [6, 6.07) is 18.5. The molecule has 23 unspecified atom stereocenters. The molecule has 14 rings (SSSR count). The summed E-state index contributed by atoms with van der Waals surface area (Å²) in [7, 11) is 0. The van der Waals surface area contributed by atoms with Crippen molar-refractivity contribution >= 4 is 12.3 Å². The van der Waals surface area contributed by atoms with E-state index in [1.165, 1.54) is 18.4 Å². The lowest BCUT2D eigenvalue weighted by atomic mass is 9.31. The Morgan fingerprint density at radius 1 is 0.813 bits per heavy atom. The molecule has 0 amide bonds. The molecule has 9 saturated carbocycles. The van der Waals surface area contributed by atoms with Gasteiger partial charge < -0.3 is 40.2 Å². The molecule has 11 aliphatic carbocycles. The minimum atomic E-state index is -2.36. The minimum absolute atomic E-state index is 0.0497. The van der Waals surface area contributed by atoms with Crippen molar-refractivity contribution in [3.8, 4) is 23.7 Å². The van der Waals surface area contributed by atoms with Gasteiger partial charge in [0, 0.05) is 70.9 Å². The Bertz CT molecular complexity index is 2790. The van der Waals surface area contributed by atoms with Gasteiger partial charge in [0.25, 0.3) is 0 Å². The highest BCUT2D eigenvalue weighted by atomic mass is 16.5. The van der Waals surface area contributed by atoms with E-state index in [-0.39, 0.29) is 79.4 Å². The Morgan fingerprint density at radius 3 is 2.40 bits per heavy atom. The predicted octanol–water partition coefficient (Wildman–Crippen LogP) is 7.40. The number of hydrogen-bond donors (Lipinski definition) is 7. The van der Waals surface area contributed by atoms with Gasteiger partial charge in [-0.15, -0.1) is 5.92 Å². The monoisotopic (exact) mass is 1020 g/mol. The number of aliphatic hydroxyl groups is 6. The zero-order valence-corrected chi connectivity index (χ0v) is 43.8. The third kappa shape index (κ3) is 6.43. The summed E-state index contributed by atoms with van der Waals surface area (Å²) in [6.07, 6.45) is 11.8. The average Bonchev–Trinajstić information content (AvgIpc) is 4.37. The highest BCUT2D eigenvalue weighted by Gasteiger charge is 2.88. The fraction of sp³-hybridized carbons (Fsp3) is 0.692. The number of aliphatic hydroxyl groups excluding tert-OH is 3. The molecule has 0 radical (unpaired) electrons. The van der Waals surface area contributed by atoms with Gasteiger partial charge in [0.1, 0.15) is 23.6 Å². The number of fused-ring (bicyclic) bond motifs is 5. The molecule has 10 nitrogen and oxygen atoms in total. The lowest BCUT2D eigenvalue weighted by molar-refractivity contribution is -0.391. The molecule has 1 aliphatic heterocycles. The first-order chi connectivity index (χ1) is 36.3. The van der Waals surface area contributed by atoms with Crippen LogP contribution in [0.2, 0.25) is 0 Å². The zero-order valence-electron chi connectivity index (χ0n) is 43.8. The number of benzene rings is 2. The molecular formula is C65H79NO9. The standard InChI is InChI=1S/C65H79NO9/c1-37(38-12-5-6-13-38)41-21-23-51-58(70)60-27-25-47-46(45(22-24-50(47)60)40-16-3-2-4-17-40)20-11-19-43-32-61-26-10-9-15-39-14-7-8-18-42(39)30-53(66-36-68)48-28-44(55(61)49-31-54(69)75-56(48)49)33-63(61,72)65(74)57(43)62(34-60,35-67)64(51,73)52(29-41)59(65)71/h2-4,7-8,14,16-18,31,35,37-38,41,43-48,50-53,55-59,66,68,70-74H,5-6,10,12-13,20-30,32-34,36H2,1H3. The number of esters is 1. The Morgan fingerprint density at radius 2 is 1.60 bits per heavy atom. The van der Waals surface area contributed by atoms with Crippen molar-refractivity contribution in [2.24, 2.45) is 93.2 Å². The Balaban J connectivity index is 1.01. The van der Waals surface area contributed by atoms with Crippen molar-refractivity contribution in [2.75, 3.05) is 6.73 Å². The van der Waals surface area contributed by atoms with Gasteiger partial charge in [-0.2, -0.15) is 0 Å². The van der Waals surface area contributed by atoms with Crippen molar-refractivity contribution in [3.63, 3.8) is 0 Å². The van der Waals surface area contributed by atoms with Crippen LogP contribution in [0.15, 0.2) is 66.2 Å². The van der Waals surface area contributed by atoms with Crippen LogP contribution in [0.1, 0.15) is 145 Å². The third-order valence-electron chi connectivity index (χ3n) is 25.3. The summed E-state index contributed by atoms with van der Waals surface area (Å²) in [5.74, 6) is 11.0. The van der Waals surface area contributed by atoms with E-state index in [9.17, 15) is 30.3 Å². The van der Waals surface area contributed by atoms with E-state index >= 15 is 9.90 Å². The molecule has 1 heterocycles. The predicted molar refractivity (Wildman–Crippen MR) is 280 cm³/mol. The first-order valence-corrected chi connectivity index (χ1v) is 29.6. The second kappa shape index (κ2) is 17.6.